The third-order valence-corrected chi connectivity index (χ3v) is 4.72. The number of hydrogen-bond acceptors (Lipinski definition) is 5. The van der Waals surface area contributed by atoms with Crippen LogP contribution in [0.5, 0.6) is 0 Å². The summed E-state index contributed by atoms with van der Waals surface area (Å²) in [4.78, 5) is 13.6. The highest BCUT2D eigenvalue weighted by molar-refractivity contribution is 5.28. The van der Waals surface area contributed by atoms with E-state index in [1.165, 1.54) is 11.1 Å². The van der Waals surface area contributed by atoms with Crippen molar-refractivity contribution in [3.63, 3.8) is 0 Å². The Kier molecular flexibility index (Phi) is 5.21. The first kappa shape index (κ1) is 16.7. The quantitative estimate of drug-likeness (QED) is 0.709. The molecule has 0 bridgehead atoms. The van der Waals surface area contributed by atoms with Crippen LogP contribution in [0.2, 0.25) is 0 Å². The minimum absolute atomic E-state index is 0.819. The average Bonchev–Trinajstić information content (AvgIpc) is 3.07. The van der Waals surface area contributed by atoms with Gasteiger partial charge in [0.05, 0.1) is 6.54 Å². The summed E-state index contributed by atoms with van der Waals surface area (Å²) >= 11 is 0. The predicted octanol–water partition coefficient (Wildman–Crippen LogP) is 2.43. The fraction of sp³-hybridized carbons (Fsp3) is 0.350. The van der Waals surface area contributed by atoms with Crippen LogP contribution in [0.25, 0.3) is 0 Å². The van der Waals surface area contributed by atoms with Crippen molar-refractivity contribution in [1.29, 1.82) is 0 Å². The van der Waals surface area contributed by atoms with Crippen LogP contribution >= 0.6 is 0 Å². The largest absolute Gasteiger partial charge is 0.339 e. The molecule has 0 radical (unpaired) electrons. The zero-order chi connectivity index (χ0) is 17.6. The van der Waals surface area contributed by atoms with E-state index in [1.807, 2.05) is 41.6 Å². The van der Waals surface area contributed by atoms with Gasteiger partial charge in [-0.05, 0) is 29.7 Å². The summed E-state index contributed by atoms with van der Waals surface area (Å²) in [5.41, 5.74) is 2.65. The molecule has 1 aliphatic rings. The van der Waals surface area contributed by atoms with Crippen molar-refractivity contribution in [2.24, 2.45) is 0 Å². The highest BCUT2D eigenvalue weighted by Gasteiger charge is 2.16. The normalized spacial score (nSPS) is 15.8. The Labute approximate surface area is 154 Å². The van der Waals surface area contributed by atoms with Crippen molar-refractivity contribution in [3.8, 4) is 0 Å². The highest BCUT2D eigenvalue weighted by atomic mass is 15.3. The molecule has 1 aromatic carbocycles. The van der Waals surface area contributed by atoms with E-state index in [9.17, 15) is 0 Å². The van der Waals surface area contributed by atoms with E-state index in [2.05, 4.69) is 49.1 Å². The molecule has 26 heavy (non-hydrogen) atoms. The molecule has 0 aliphatic carbocycles. The Bertz CT molecular complexity index is 802. The van der Waals surface area contributed by atoms with Crippen LogP contribution < -0.4 is 4.90 Å². The first-order valence-corrected chi connectivity index (χ1v) is 9.16. The van der Waals surface area contributed by atoms with Crippen molar-refractivity contribution in [2.75, 3.05) is 31.1 Å². The molecule has 134 valence electrons. The van der Waals surface area contributed by atoms with Crippen molar-refractivity contribution in [2.45, 2.75) is 19.5 Å². The molecule has 6 heteroatoms. The first-order valence-electron chi connectivity index (χ1n) is 9.16. The summed E-state index contributed by atoms with van der Waals surface area (Å²) < 4.78 is 1.96. The number of nitrogens with zero attached hydrogens (tertiary/aromatic N) is 6. The fourth-order valence-corrected chi connectivity index (χ4v) is 3.45. The molecule has 3 heterocycles. The summed E-state index contributed by atoms with van der Waals surface area (Å²) in [6.07, 6.45) is 8.59. The van der Waals surface area contributed by atoms with Gasteiger partial charge in [-0.15, -0.1) is 0 Å². The van der Waals surface area contributed by atoms with E-state index in [0.717, 1.165) is 51.6 Å². The van der Waals surface area contributed by atoms with Crippen molar-refractivity contribution in [3.05, 3.63) is 72.3 Å². The second-order valence-corrected chi connectivity index (χ2v) is 6.69. The van der Waals surface area contributed by atoms with Crippen LogP contribution in [-0.2, 0) is 13.1 Å². The second-order valence-electron chi connectivity index (χ2n) is 6.69. The van der Waals surface area contributed by atoms with Crippen LogP contribution in [0.1, 0.15) is 17.5 Å². The molecule has 3 aromatic rings. The minimum atomic E-state index is 0.819. The molecule has 0 atom stereocenters. The summed E-state index contributed by atoms with van der Waals surface area (Å²) in [7, 11) is 0. The number of benzene rings is 1. The topological polar surface area (TPSA) is 50.1 Å². The number of hydrogen-bond donors (Lipinski definition) is 0. The Hall–Kier alpha value is -2.73. The summed E-state index contributed by atoms with van der Waals surface area (Å²) in [5.74, 6) is 0.843. The molecule has 0 spiro atoms. The van der Waals surface area contributed by atoms with Crippen LogP contribution in [-0.4, -0.2) is 50.8 Å². The molecule has 0 saturated carbocycles. The minimum Gasteiger partial charge on any atom is -0.339 e. The molecule has 6 nitrogen and oxygen atoms in total. The first-order chi connectivity index (χ1) is 12.9. The molecule has 1 saturated heterocycles. The van der Waals surface area contributed by atoms with Gasteiger partial charge in [0, 0.05) is 57.5 Å². The average molecular weight is 348 g/mol. The zero-order valence-corrected chi connectivity index (χ0v) is 14.9. The SMILES string of the molecule is c1cnc(N2CCCN(Cc3cccc(Cn4cccn4)c3)CC2)nc1. The lowest BCUT2D eigenvalue weighted by atomic mass is 10.1. The van der Waals surface area contributed by atoms with Crippen LogP contribution in [0, 0.1) is 0 Å². The zero-order valence-electron chi connectivity index (χ0n) is 14.9. The number of aromatic nitrogens is 4. The molecule has 0 unspecified atom stereocenters. The van der Waals surface area contributed by atoms with Crippen LogP contribution in [0.3, 0.4) is 0 Å². The van der Waals surface area contributed by atoms with Crippen LogP contribution in [0.4, 0.5) is 5.95 Å². The molecular formula is C20H24N6. The lowest BCUT2D eigenvalue weighted by molar-refractivity contribution is 0.285. The van der Waals surface area contributed by atoms with Gasteiger partial charge in [0.2, 0.25) is 5.95 Å². The van der Waals surface area contributed by atoms with E-state index in [-0.39, 0.29) is 0 Å². The summed E-state index contributed by atoms with van der Waals surface area (Å²) in [6, 6.07) is 12.7. The third-order valence-electron chi connectivity index (χ3n) is 4.72. The van der Waals surface area contributed by atoms with Gasteiger partial charge in [0.1, 0.15) is 0 Å². The molecule has 1 aliphatic heterocycles. The Morgan fingerprint density at radius 1 is 0.808 bits per heavy atom. The van der Waals surface area contributed by atoms with Gasteiger partial charge in [0.15, 0.2) is 0 Å². The van der Waals surface area contributed by atoms with Crippen molar-refractivity contribution in [1.82, 2.24) is 24.6 Å². The van der Waals surface area contributed by atoms with E-state index < -0.39 is 0 Å². The van der Waals surface area contributed by atoms with Crippen LogP contribution in [0.15, 0.2) is 61.2 Å². The summed E-state index contributed by atoms with van der Waals surface area (Å²) in [5, 5.41) is 4.30. The summed E-state index contributed by atoms with van der Waals surface area (Å²) in [6.45, 7) is 5.92. The van der Waals surface area contributed by atoms with Gasteiger partial charge < -0.3 is 4.90 Å². The third kappa shape index (κ3) is 4.26. The molecular weight excluding hydrogens is 324 g/mol. The van der Waals surface area contributed by atoms with Crippen molar-refractivity contribution >= 4 is 5.95 Å². The maximum atomic E-state index is 4.39. The van der Waals surface area contributed by atoms with E-state index >= 15 is 0 Å². The number of rotatable bonds is 5. The highest BCUT2D eigenvalue weighted by Crippen LogP contribution is 2.14. The monoisotopic (exact) mass is 348 g/mol. The number of anilines is 1. The van der Waals surface area contributed by atoms with E-state index in [0.29, 0.717) is 0 Å². The lowest BCUT2D eigenvalue weighted by Crippen LogP contribution is -2.31. The van der Waals surface area contributed by atoms with Gasteiger partial charge in [-0.1, -0.05) is 24.3 Å². The predicted molar refractivity (Wildman–Crippen MR) is 102 cm³/mol. The van der Waals surface area contributed by atoms with E-state index in [1.54, 1.807) is 0 Å². The Morgan fingerprint density at radius 2 is 1.65 bits per heavy atom. The second kappa shape index (κ2) is 8.10. The molecule has 1 fully saturated rings. The standard InChI is InChI=1S/C20H24N6/c1-5-18(15-19(6-1)17-26-12-3-9-23-26)16-24-10-4-11-25(14-13-24)20-21-7-2-8-22-20/h1-3,5-9,12,15H,4,10-11,13-14,16-17H2. The Morgan fingerprint density at radius 3 is 2.46 bits per heavy atom. The van der Waals surface area contributed by atoms with Gasteiger partial charge in [-0.25, -0.2) is 9.97 Å². The molecule has 0 N–H and O–H groups in total. The molecule has 0 amide bonds. The lowest BCUT2D eigenvalue weighted by Gasteiger charge is -2.22. The fourth-order valence-electron chi connectivity index (χ4n) is 3.45. The van der Waals surface area contributed by atoms with Gasteiger partial charge >= 0.3 is 0 Å². The maximum absolute atomic E-state index is 4.39. The van der Waals surface area contributed by atoms with Gasteiger partial charge in [-0.2, -0.15) is 5.10 Å². The van der Waals surface area contributed by atoms with Gasteiger partial charge in [-0.3, -0.25) is 9.58 Å². The smallest absolute Gasteiger partial charge is 0.225 e. The molecule has 2 aromatic heterocycles. The maximum Gasteiger partial charge on any atom is 0.225 e. The molecule has 4 rings (SSSR count). The van der Waals surface area contributed by atoms with Gasteiger partial charge in [0.25, 0.3) is 0 Å². The van der Waals surface area contributed by atoms with E-state index in [4.69, 9.17) is 0 Å². The van der Waals surface area contributed by atoms with Crippen molar-refractivity contribution < 1.29 is 0 Å². The Balaban J connectivity index is 1.37.